The number of aryl methyl sites for hydroxylation is 1. The smallest absolute Gasteiger partial charge is 0.163 e. The third kappa shape index (κ3) is 2.71. The summed E-state index contributed by atoms with van der Waals surface area (Å²) >= 11 is 0. The van der Waals surface area contributed by atoms with Crippen LogP contribution in [0.5, 0.6) is 0 Å². The maximum absolute atomic E-state index is 13.3. The summed E-state index contributed by atoms with van der Waals surface area (Å²) in [7, 11) is 0. The van der Waals surface area contributed by atoms with Gasteiger partial charge in [-0.15, -0.1) is 0 Å². The highest BCUT2D eigenvalue weighted by atomic mass is 19.1. The van der Waals surface area contributed by atoms with Crippen molar-refractivity contribution in [3.05, 3.63) is 42.1 Å². The number of hydrogen-bond donors (Lipinski definition) is 2. The summed E-state index contributed by atoms with van der Waals surface area (Å²) in [5.74, 6) is 0.444. The third-order valence-corrected chi connectivity index (χ3v) is 4.49. The average molecular weight is 326 g/mol. The lowest BCUT2D eigenvalue weighted by Crippen LogP contribution is -2.29. The molecule has 0 aliphatic carbocycles. The minimum atomic E-state index is -0.246. The van der Waals surface area contributed by atoms with Crippen LogP contribution in [-0.4, -0.2) is 32.8 Å². The molecule has 1 fully saturated rings. The molecule has 0 amide bonds. The van der Waals surface area contributed by atoms with Crippen LogP contribution < -0.4 is 10.6 Å². The Morgan fingerprint density at radius 3 is 2.88 bits per heavy atom. The first-order valence-electron chi connectivity index (χ1n) is 8.14. The van der Waals surface area contributed by atoms with Crippen LogP contribution in [0, 0.1) is 12.7 Å². The molecule has 0 bridgehead atoms. The molecule has 3 heterocycles. The van der Waals surface area contributed by atoms with Crippen molar-refractivity contribution in [2.75, 3.05) is 18.4 Å². The second-order valence-corrected chi connectivity index (χ2v) is 6.11. The fourth-order valence-corrected chi connectivity index (χ4v) is 3.18. The Balaban J connectivity index is 1.70. The van der Waals surface area contributed by atoms with Gasteiger partial charge in [0.1, 0.15) is 18.0 Å². The van der Waals surface area contributed by atoms with E-state index >= 15 is 0 Å². The standard InChI is InChI=1S/C17H19FN6/c1-11-8-12(18)2-3-15(11)23-16-14-9-22-24(17(14)21-10-20-16)13-4-6-19-7-5-13/h2-3,8-10,13,19H,4-7H2,1H3,(H,20,21,23). The van der Waals surface area contributed by atoms with Gasteiger partial charge in [0.2, 0.25) is 0 Å². The van der Waals surface area contributed by atoms with E-state index in [2.05, 4.69) is 25.7 Å². The number of rotatable bonds is 3. The van der Waals surface area contributed by atoms with Crippen molar-refractivity contribution in [3.63, 3.8) is 0 Å². The van der Waals surface area contributed by atoms with Crippen molar-refractivity contribution in [2.24, 2.45) is 0 Å². The Labute approximate surface area is 139 Å². The molecule has 0 atom stereocenters. The molecule has 7 heteroatoms. The number of halogens is 1. The second kappa shape index (κ2) is 6.16. The maximum atomic E-state index is 13.3. The fraction of sp³-hybridized carbons (Fsp3) is 0.353. The van der Waals surface area contributed by atoms with E-state index in [4.69, 9.17) is 0 Å². The number of fused-ring (bicyclic) bond motifs is 1. The molecule has 1 aromatic carbocycles. The van der Waals surface area contributed by atoms with Gasteiger partial charge in [-0.05, 0) is 56.6 Å². The Hall–Kier alpha value is -2.54. The number of aromatic nitrogens is 4. The number of nitrogens with one attached hydrogen (secondary N) is 2. The number of anilines is 2. The second-order valence-electron chi connectivity index (χ2n) is 6.11. The first kappa shape index (κ1) is 15.0. The van der Waals surface area contributed by atoms with Crippen LogP contribution in [0.1, 0.15) is 24.4 Å². The van der Waals surface area contributed by atoms with E-state index in [1.807, 2.05) is 11.6 Å². The summed E-state index contributed by atoms with van der Waals surface area (Å²) < 4.78 is 15.3. The highest BCUT2D eigenvalue weighted by Crippen LogP contribution is 2.28. The van der Waals surface area contributed by atoms with Gasteiger partial charge in [0.05, 0.1) is 17.6 Å². The molecule has 1 aliphatic heterocycles. The van der Waals surface area contributed by atoms with Gasteiger partial charge in [-0.3, -0.25) is 0 Å². The summed E-state index contributed by atoms with van der Waals surface area (Å²) in [6, 6.07) is 5.01. The van der Waals surface area contributed by atoms with Crippen molar-refractivity contribution in [1.29, 1.82) is 0 Å². The van der Waals surface area contributed by atoms with Crippen molar-refractivity contribution in [3.8, 4) is 0 Å². The molecule has 0 saturated carbocycles. The highest BCUT2D eigenvalue weighted by molar-refractivity contribution is 5.88. The van der Waals surface area contributed by atoms with Crippen molar-refractivity contribution in [2.45, 2.75) is 25.8 Å². The van der Waals surface area contributed by atoms with E-state index in [-0.39, 0.29) is 5.82 Å². The molecule has 3 aromatic rings. The quantitative estimate of drug-likeness (QED) is 0.774. The zero-order chi connectivity index (χ0) is 16.5. The summed E-state index contributed by atoms with van der Waals surface area (Å²) in [6.45, 7) is 3.86. The van der Waals surface area contributed by atoms with Crippen LogP contribution in [-0.2, 0) is 0 Å². The summed E-state index contributed by atoms with van der Waals surface area (Å²) in [6.07, 6.45) is 5.43. The molecule has 2 N–H and O–H groups in total. The zero-order valence-electron chi connectivity index (χ0n) is 13.5. The topological polar surface area (TPSA) is 67.7 Å². The molecule has 0 spiro atoms. The number of piperidine rings is 1. The van der Waals surface area contributed by atoms with Crippen molar-refractivity contribution < 1.29 is 4.39 Å². The van der Waals surface area contributed by atoms with Crippen LogP contribution in [0.4, 0.5) is 15.9 Å². The van der Waals surface area contributed by atoms with Crippen molar-refractivity contribution in [1.82, 2.24) is 25.1 Å². The van der Waals surface area contributed by atoms with Crippen LogP contribution in [0.2, 0.25) is 0 Å². The van der Waals surface area contributed by atoms with E-state index in [0.717, 1.165) is 48.2 Å². The molecule has 124 valence electrons. The van der Waals surface area contributed by atoms with Gasteiger partial charge >= 0.3 is 0 Å². The molecule has 0 radical (unpaired) electrons. The van der Waals surface area contributed by atoms with Gasteiger partial charge in [0.25, 0.3) is 0 Å². The van der Waals surface area contributed by atoms with E-state index in [1.54, 1.807) is 18.6 Å². The highest BCUT2D eigenvalue weighted by Gasteiger charge is 2.19. The van der Waals surface area contributed by atoms with Crippen LogP contribution in [0.15, 0.2) is 30.7 Å². The summed E-state index contributed by atoms with van der Waals surface area (Å²) in [5, 5.41) is 12.1. The molecule has 1 saturated heterocycles. The van der Waals surface area contributed by atoms with E-state index in [0.29, 0.717) is 11.9 Å². The lowest BCUT2D eigenvalue weighted by Gasteiger charge is -2.23. The van der Waals surface area contributed by atoms with Gasteiger partial charge < -0.3 is 10.6 Å². The largest absolute Gasteiger partial charge is 0.339 e. The first-order chi connectivity index (χ1) is 11.7. The predicted molar refractivity (Wildman–Crippen MR) is 90.9 cm³/mol. The van der Waals surface area contributed by atoms with Crippen LogP contribution in [0.3, 0.4) is 0 Å². The summed E-state index contributed by atoms with van der Waals surface area (Å²) in [4.78, 5) is 8.77. The van der Waals surface area contributed by atoms with Gasteiger partial charge in [0.15, 0.2) is 5.65 Å². The first-order valence-corrected chi connectivity index (χ1v) is 8.14. The molecular formula is C17H19FN6. The summed E-state index contributed by atoms with van der Waals surface area (Å²) in [5.41, 5.74) is 2.48. The minimum absolute atomic E-state index is 0.246. The van der Waals surface area contributed by atoms with Crippen molar-refractivity contribution >= 4 is 22.5 Å². The molecule has 1 aliphatic rings. The van der Waals surface area contributed by atoms with Gasteiger partial charge in [-0.25, -0.2) is 19.0 Å². The van der Waals surface area contributed by atoms with Gasteiger partial charge in [-0.1, -0.05) is 0 Å². The monoisotopic (exact) mass is 326 g/mol. The molecule has 2 aromatic heterocycles. The number of hydrogen-bond acceptors (Lipinski definition) is 5. The van der Waals surface area contributed by atoms with Crippen LogP contribution >= 0.6 is 0 Å². The molecular weight excluding hydrogens is 307 g/mol. The third-order valence-electron chi connectivity index (χ3n) is 4.49. The number of benzene rings is 1. The Morgan fingerprint density at radius 1 is 1.25 bits per heavy atom. The predicted octanol–water partition coefficient (Wildman–Crippen LogP) is 2.94. The Bertz CT molecular complexity index is 869. The molecule has 4 rings (SSSR count). The fourth-order valence-electron chi connectivity index (χ4n) is 3.18. The SMILES string of the molecule is Cc1cc(F)ccc1Nc1ncnc2c1cnn2C1CCNCC1. The zero-order valence-corrected chi connectivity index (χ0v) is 13.5. The molecule has 6 nitrogen and oxygen atoms in total. The van der Waals surface area contributed by atoms with Gasteiger partial charge in [0, 0.05) is 5.69 Å². The van der Waals surface area contributed by atoms with E-state index in [1.165, 1.54) is 12.1 Å². The number of nitrogens with zero attached hydrogens (tertiary/aromatic N) is 4. The maximum Gasteiger partial charge on any atom is 0.163 e. The molecule has 24 heavy (non-hydrogen) atoms. The van der Waals surface area contributed by atoms with Crippen LogP contribution in [0.25, 0.3) is 11.0 Å². The van der Waals surface area contributed by atoms with E-state index < -0.39 is 0 Å². The lowest BCUT2D eigenvalue weighted by molar-refractivity contribution is 0.349. The van der Waals surface area contributed by atoms with Gasteiger partial charge in [-0.2, -0.15) is 5.10 Å². The average Bonchev–Trinajstić information content (AvgIpc) is 3.03. The lowest BCUT2D eigenvalue weighted by atomic mass is 10.1. The minimum Gasteiger partial charge on any atom is -0.339 e. The normalized spacial score (nSPS) is 15.8. The Morgan fingerprint density at radius 2 is 2.08 bits per heavy atom. The molecule has 0 unspecified atom stereocenters. The Kier molecular flexibility index (Phi) is 3.86. The van der Waals surface area contributed by atoms with E-state index in [9.17, 15) is 4.39 Å².